The molecule has 21 heavy (non-hydrogen) atoms. The number of amides is 1. The molecule has 0 radical (unpaired) electrons. The van der Waals surface area contributed by atoms with Crippen molar-refractivity contribution in [2.24, 2.45) is 5.92 Å². The predicted octanol–water partition coefficient (Wildman–Crippen LogP) is 2.97. The van der Waals surface area contributed by atoms with E-state index in [-0.39, 0.29) is 6.09 Å². The highest BCUT2D eigenvalue weighted by atomic mass is 16.6. The smallest absolute Gasteiger partial charge is 0.416 e. The van der Waals surface area contributed by atoms with E-state index in [1.807, 2.05) is 24.3 Å². The van der Waals surface area contributed by atoms with Crippen LogP contribution in [0.5, 0.6) is 11.6 Å². The van der Waals surface area contributed by atoms with E-state index in [1.165, 1.54) is 12.8 Å². The topological polar surface area (TPSA) is 51.7 Å². The number of methoxy groups -OCH3 is 1. The highest BCUT2D eigenvalue weighted by molar-refractivity contribution is 5.83. The Kier molecular flexibility index (Phi) is 2.74. The molecule has 1 aliphatic heterocycles. The van der Waals surface area contributed by atoms with Gasteiger partial charge in [-0.3, -0.25) is 0 Å². The lowest BCUT2D eigenvalue weighted by atomic mass is 10.1. The Morgan fingerprint density at radius 3 is 3.00 bits per heavy atom. The number of rotatable bonds is 3. The molecule has 1 fully saturated rings. The molecule has 2 aliphatic rings. The van der Waals surface area contributed by atoms with Gasteiger partial charge in [0, 0.05) is 23.6 Å². The summed E-state index contributed by atoms with van der Waals surface area (Å²) in [6.45, 7) is 1.37. The summed E-state index contributed by atoms with van der Waals surface area (Å²) in [5.74, 6) is 1.82. The van der Waals surface area contributed by atoms with E-state index in [0.29, 0.717) is 18.3 Å². The van der Waals surface area contributed by atoms with Gasteiger partial charge >= 0.3 is 6.09 Å². The number of nitrogens with zero attached hydrogens (tertiary/aromatic N) is 2. The highest BCUT2D eigenvalue weighted by Gasteiger charge is 2.32. The lowest BCUT2D eigenvalue weighted by Crippen LogP contribution is -2.38. The molecule has 1 aliphatic carbocycles. The van der Waals surface area contributed by atoms with Gasteiger partial charge in [-0.1, -0.05) is 0 Å². The first-order valence-electron chi connectivity index (χ1n) is 7.17. The number of pyridine rings is 1. The number of benzene rings is 1. The van der Waals surface area contributed by atoms with Gasteiger partial charge in [0.2, 0.25) is 5.88 Å². The van der Waals surface area contributed by atoms with Crippen molar-refractivity contribution in [2.75, 3.05) is 13.7 Å². The van der Waals surface area contributed by atoms with Crippen LogP contribution in [0, 0.1) is 5.92 Å². The number of fused-ring (bicyclic) bond motifs is 2. The minimum atomic E-state index is -0.288. The number of ether oxygens (including phenoxy) is 2. The molecule has 0 spiro atoms. The lowest BCUT2D eigenvalue weighted by molar-refractivity contribution is 0.133. The zero-order chi connectivity index (χ0) is 14.4. The summed E-state index contributed by atoms with van der Waals surface area (Å²) in [5, 5.41) is 1.03. The van der Waals surface area contributed by atoms with Crippen molar-refractivity contribution in [2.45, 2.75) is 19.4 Å². The van der Waals surface area contributed by atoms with E-state index in [2.05, 4.69) is 4.98 Å². The molecule has 0 bridgehead atoms. The minimum absolute atomic E-state index is 0.288. The molecule has 0 unspecified atom stereocenters. The van der Waals surface area contributed by atoms with Gasteiger partial charge in [-0.15, -0.1) is 0 Å². The second kappa shape index (κ2) is 4.62. The van der Waals surface area contributed by atoms with Crippen molar-refractivity contribution >= 4 is 17.0 Å². The zero-order valence-corrected chi connectivity index (χ0v) is 11.8. The molecule has 0 N–H and O–H groups in total. The van der Waals surface area contributed by atoms with E-state index in [9.17, 15) is 4.79 Å². The van der Waals surface area contributed by atoms with Crippen LogP contribution in [0.15, 0.2) is 24.3 Å². The second-order valence-corrected chi connectivity index (χ2v) is 5.70. The number of aromatic nitrogens is 1. The lowest BCUT2D eigenvalue weighted by Gasteiger charge is -2.27. The van der Waals surface area contributed by atoms with Crippen molar-refractivity contribution in [1.29, 1.82) is 0 Å². The SMILES string of the molecule is COc1ccc2cc3c(nc2c1)OC(=O)N(CC1CC1)C3. The third kappa shape index (κ3) is 2.28. The molecule has 5 heteroatoms. The molecule has 1 aromatic heterocycles. The van der Waals surface area contributed by atoms with E-state index < -0.39 is 0 Å². The molecule has 1 amide bonds. The van der Waals surface area contributed by atoms with Crippen LogP contribution in [0.3, 0.4) is 0 Å². The first-order chi connectivity index (χ1) is 10.2. The van der Waals surface area contributed by atoms with Gasteiger partial charge in [0.15, 0.2) is 0 Å². The average molecular weight is 284 g/mol. The molecule has 108 valence electrons. The van der Waals surface area contributed by atoms with Gasteiger partial charge in [-0.2, -0.15) is 0 Å². The molecule has 1 aromatic carbocycles. The number of carbonyl (C=O) groups is 1. The largest absolute Gasteiger partial charge is 0.497 e. The summed E-state index contributed by atoms with van der Waals surface area (Å²) < 4.78 is 10.6. The van der Waals surface area contributed by atoms with Crippen LogP contribution in [0.25, 0.3) is 10.9 Å². The Balaban J connectivity index is 1.70. The highest BCUT2D eigenvalue weighted by Crippen LogP contribution is 2.34. The van der Waals surface area contributed by atoms with Gasteiger partial charge in [0.05, 0.1) is 19.2 Å². The van der Waals surface area contributed by atoms with Crippen molar-refractivity contribution in [3.8, 4) is 11.6 Å². The summed E-state index contributed by atoms with van der Waals surface area (Å²) in [5.41, 5.74) is 1.74. The number of hydrogen-bond acceptors (Lipinski definition) is 4. The van der Waals surface area contributed by atoms with Gasteiger partial charge < -0.3 is 14.4 Å². The van der Waals surface area contributed by atoms with E-state index in [0.717, 1.165) is 28.8 Å². The van der Waals surface area contributed by atoms with Crippen molar-refractivity contribution < 1.29 is 14.3 Å². The fourth-order valence-electron chi connectivity index (χ4n) is 2.67. The third-order valence-electron chi connectivity index (χ3n) is 4.04. The maximum atomic E-state index is 12.0. The molecular weight excluding hydrogens is 268 g/mol. The summed E-state index contributed by atoms with van der Waals surface area (Å²) in [6, 6.07) is 7.78. The molecule has 0 atom stereocenters. The van der Waals surface area contributed by atoms with Crippen LogP contribution in [0.2, 0.25) is 0 Å². The molecular formula is C16H16N2O3. The van der Waals surface area contributed by atoms with Gasteiger partial charge in [-0.25, -0.2) is 9.78 Å². The van der Waals surface area contributed by atoms with Crippen LogP contribution in [-0.2, 0) is 6.54 Å². The minimum Gasteiger partial charge on any atom is -0.497 e. The molecule has 4 rings (SSSR count). The van der Waals surface area contributed by atoms with Crippen LogP contribution < -0.4 is 9.47 Å². The number of carbonyl (C=O) groups excluding carboxylic acids is 1. The van der Waals surface area contributed by atoms with Crippen LogP contribution in [0.4, 0.5) is 4.79 Å². The Morgan fingerprint density at radius 1 is 1.38 bits per heavy atom. The standard InChI is InChI=1S/C16H16N2O3/c1-20-13-5-4-11-6-12-9-18(8-10-2-3-10)16(19)21-15(12)17-14(11)7-13/h4-7,10H,2-3,8-9H2,1H3. The van der Waals surface area contributed by atoms with E-state index >= 15 is 0 Å². The fraction of sp³-hybridized carbons (Fsp3) is 0.375. The Hall–Kier alpha value is -2.30. The van der Waals surface area contributed by atoms with Gasteiger partial charge in [-0.05, 0) is 37.0 Å². The van der Waals surface area contributed by atoms with Crippen molar-refractivity contribution in [3.05, 3.63) is 29.8 Å². The maximum Gasteiger partial charge on any atom is 0.416 e. The monoisotopic (exact) mass is 284 g/mol. The summed E-state index contributed by atoms with van der Waals surface area (Å²) >= 11 is 0. The number of hydrogen-bond donors (Lipinski definition) is 0. The zero-order valence-electron chi connectivity index (χ0n) is 11.8. The normalized spacial score (nSPS) is 17.6. The fourth-order valence-corrected chi connectivity index (χ4v) is 2.67. The van der Waals surface area contributed by atoms with E-state index in [1.54, 1.807) is 12.0 Å². The molecule has 0 saturated heterocycles. The molecule has 1 saturated carbocycles. The van der Waals surface area contributed by atoms with Gasteiger partial charge in [0.25, 0.3) is 0 Å². The third-order valence-corrected chi connectivity index (χ3v) is 4.04. The summed E-state index contributed by atoms with van der Waals surface area (Å²) in [7, 11) is 1.62. The van der Waals surface area contributed by atoms with Crippen molar-refractivity contribution in [1.82, 2.24) is 9.88 Å². The van der Waals surface area contributed by atoms with E-state index in [4.69, 9.17) is 9.47 Å². The predicted molar refractivity (Wildman–Crippen MR) is 77.5 cm³/mol. The Morgan fingerprint density at radius 2 is 2.24 bits per heavy atom. The van der Waals surface area contributed by atoms with Crippen LogP contribution in [0.1, 0.15) is 18.4 Å². The molecule has 5 nitrogen and oxygen atoms in total. The summed E-state index contributed by atoms with van der Waals surface area (Å²) in [6.07, 6.45) is 2.14. The summed E-state index contributed by atoms with van der Waals surface area (Å²) in [4.78, 5) is 18.2. The first-order valence-corrected chi connectivity index (χ1v) is 7.17. The van der Waals surface area contributed by atoms with Crippen LogP contribution in [-0.4, -0.2) is 29.6 Å². The quantitative estimate of drug-likeness (QED) is 0.869. The molecule has 2 aromatic rings. The Bertz CT molecular complexity index is 725. The second-order valence-electron chi connectivity index (χ2n) is 5.70. The Labute approximate surface area is 122 Å². The average Bonchev–Trinajstić information content (AvgIpc) is 3.29. The molecule has 2 heterocycles. The van der Waals surface area contributed by atoms with Crippen molar-refractivity contribution in [3.63, 3.8) is 0 Å². The first kappa shape index (κ1) is 12.4. The maximum absolute atomic E-state index is 12.0. The van der Waals surface area contributed by atoms with Crippen LogP contribution >= 0.6 is 0 Å². The van der Waals surface area contributed by atoms with Gasteiger partial charge in [0.1, 0.15) is 5.75 Å².